The lowest BCUT2D eigenvalue weighted by Crippen LogP contribution is -2.32. The second-order valence-corrected chi connectivity index (χ2v) is 4.02. The van der Waals surface area contributed by atoms with Crippen LogP contribution in [0.5, 0.6) is 0 Å². The zero-order chi connectivity index (χ0) is 7.56. The Labute approximate surface area is 69.7 Å². The Balaban J connectivity index is 2.40. The molecule has 10 heavy (non-hydrogen) atoms. The quantitative estimate of drug-likeness (QED) is 0.593. The molecule has 58 valence electrons. The number of hydrogen-bond donors (Lipinski definition) is 0. The summed E-state index contributed by atoms with van der Waals surface area (Å²) in [5, 5.41) is 0. The number of carbonyl (C=O) groups is 1. The van der Waals surface area contributed by atoms with E-state index in [1.807, 2.05) is 11.8 Å². The molecule has 0 bridgehead atoms. The molecule has 0 spiro atoms. The third kappa shape index (κ3) is 1.72. The van der Waals surface area contributed by atoms with Gasteiger partial charge < -0.3 is 4.90 Å². The van der Waals surface area contributed by atoms with E-state index in [0.29, 0.717) is 0 Å². The fourth-order valence-corrected chi connectivity index (χ4v) is 1.48. The molecular formula is C7H12BrNO. The van der Waals surface area contributed by atoms with Gasteiger partial charge in [0.1, 0.15) is 0 Å². The highest BCUT2D eigenvalue weighted by atomic mass is 79.9. The number of hydrogen-bond acceptors (Lipinski definition) is 1. The van der Waals surface area contributed by atoms with Crippen LogP contribution in [-0.4, -0.2) is 28.7 Å². The fourth-order valence-electron chi connectivity index (χ4n) is 1.19. The van der Waals surface area contributed by atoms with Crippen LogP contribution in [0.2, 0.25) is 0 Å². The van der Waals surface area contributed by atoms with Crippen LogP contribution in [0.15, 0.2) is 0 Å². The van der Waals surface area contributed by atoms with E-state index in [4.69, 9.17) is 0 Å². The van der Waals surface area contributed by atoms with E-state index >= 15 is 0 Å². The van der Waals surface area contributed by atoms with Crippen LogP contribution in [0.1, 0.15) is 19.8 Å². The molecule has 1 fully saturated rings. The third-order valence-electron chi connectivity index (χ3n) is 1.76. The first-order valence-corrected chi connectivity index (χ1v) is 4.56. The van der Waals surface area contributed by atoms with Gasteiger partial charge in [-0.25, -0.2) is 0 Å². The van der Waals surface area contributed by atoms with Gasteiger partial charge in [-0.1, -0.05) is 15.9 Å². The Kier molecular flexibility index (Phi) is 2.72. The first kappa shape index (κ1) is 8.05. The van der Waals surface area contributed by atoms with E-state index < -0.39 is 0 Å². The maximum atomic E-state index is 11.2. The van der Waals surface area contributed by atoms with E-state index in [-0.39, 0.29) is 10.7 Å². The van der Waals surface area contributed by atoms with Gasteiger partial charge >= 0.3 is 0 Å². The minimum absolute atomic E-state index is 0.00870. The molecule has 1 atom stereocenters. The largest absolute Gasteiger partial charge is 0.342 e. The Morgan fingerprint density at radius 1 is 1.50 bits per heavy atom. The Hall–Kier alpha value is -0.0500. The summed E-state index contributed by atoms with van der Waals surface area (Å²) in [6.07, 6.45) is 2.34. The lowest BCUT2D eigenvalue weighted by Gasteiger charge is -2.16. The monoisotopic (exact) mass is 205 g/mol. The number of amides is 1. The van der Waals surface area contributed by atoms with Crippen LogP contribution in [0.25, 0.3) is 0 Å². The summed E-state index contributed by atoms with van der Waals surface area (Å²) >= 11 is 3.26. The van der Waals surface area contributed by atoms with E-state index in [2.05, 4.69) is 15.9 Å². The molecule has 0 aromatic carbocycles. The highest BCUT2D eigenvalue weighted by Crippen LogP contribution is 2.11. The SMILES string of the molecule is CC(Br)C(=O)N1CCCC1. The highest BCUT2D eigenvalue weighted by Gasteiger charge is 2.20. The molecule has 1 heterocycles. The number of halogens is 1. The van der Waals surface area contributed by atoms with Crippen molar-refractivity contribution in [1.82, 2.24) is 4.90 Å². The minimum Gasteiger partial charge on any atom is -0.342 e. The van der Waals surface area contributed by atoms with Gasteiger partial charge in [-0.05, 0) is 19.8 Å². The molecule has 0 aromatic heterocycles. The van der Waals surface area contributed by atoms with Crippen LogP contribution in [0.4, 0.5) is 0 Å². The first-order valence-electron chi connectivity index (χ1n) is 3.64. The summed E-state index contributed by atoms with van der Waals surface area (Å²) in [4.78, 5) is 13.1. The van der Waals surface area contributed by atoms with E-state index in [9.17, 15) is 4.79 Å². The van der Waals surface area contributed by atoms with Gasteiger partial charge in [-0.15, -0.1) is 0 Å². The van der Waals surface area contributed by atoms with Crippen molar-refractivity contribution in [3.05, 3.63) is 0 Å². The summed E-state index contributed by atoms with van der Waals surface area (Å²) < 4.78 is 0. The topological polar surface area (TPSA) is 20.3 Å². The van der Waals surface area contributed by atoms with Crippen molar-refractivity contribution in [2.45, 2.75) is 24.6 Å². The first-order chi connectivity index (χ1) is 4.72. The van der Waals surface area contributed by atoms with Gasteiger partial charge in [-0.2, -0.15) is 0 Å². The maximum absolute atomic E-state index is 11.2. The lowest BCUT2D eigenvalue weighted by atomic mass is 10.4. The van der Waals surface area contributed by atoms with Crippen molar-refractivity contribution in [2.75, 3.05) is 13.1 Å². The van der Waals surface area contributed by atoms with Gasteiger partial charge in [-0.3, -0.25) is 4.79 Å². The van der Waals surface area contributed by atoms with Crippen molar-refractivity contribution >= 4 is 21.8 Å². The lowest BCUT2D eigenvalue weighted by molar-refractivity contribution is -0.129. The summed E-state index contributed by atoms with van der Waals surface area (Å²) in [5.74, 6) is 0.234. The molecule has 1 amide bonds. The summed E-state index contributed by atoms with van der Waals surface area (Å²) in [7, 11) is 0. The summed E-state index contributed by atoms with van der Waals surface area (Å²) in [5.41, 5.74) is 0. The zero-order valence-corrected chi connectivity index (χ0v) is 7.73. The Morgan fingerprint density at radius 2 is 2.00 bits per heavy atom. The summed E-state index contributed by atoms with van der Waals surface area (Å²) in [6, 6.07) is 0. The standard InChI is InChI=1S/C7H12BrNO/c1-6(8)7(10)9-4-2-3-5-9/h6H,2-5H2,1H3. The van der Waals surface area contributed by atoms with E-state index in [1.165, 1.54) is 12.8 Å². The van der Waals surface area contributed by atoms with Gasteiger partial charge in [0.25, 0.3) is 0 Å². The predicted molar refractivity (Wildman–Crippen MR) is 44.2 cm³/mol. The molecule has 0 N–H and O–H groups in total. The molecule has 1 saturated heterocycles. The number of alkyl halides is 1. The van der Waals surface area contributed by atoms with Crippen LogP contribution < -0.4 is 0 Å². The average Bonchev–Trinajstić information content (AvgIpc) is 2.36. The van der Waals surface area contributed by atoms with E-state index in [1.54, 1.807) is 0 Å². The molecule has 1 aliphatic rings. The number of nitrogens with zero attached hydrogens (tertiary/aromatic N) is 1. The van der Waals surface area contributed by atoms with Crippen LogP contribution in [0, 0.1) is 0 Å². The second-order valence-electron chi connectivity index (χ2n) is 2.65. The Bertz CT molecular complexity index is 130. The molecule has 3 heteroatoms. The van der Waals surface area contributed by atoms with Gasteiger partial charge in [0.2, 0.25) is 5.91 Å². The smallest absolute Gasteiger partial charge is 0.236 e. The molecule has 0 saturated carbocycles. The Morgan fingerprint density at radius 3 is 2.40 bits per heavy atom. The second kappa shape index (κ2) is 3.37. The zero-order valence-electron chi connectivity index (χ0n) is 6.14. The number of carbonyl (C=O) groups excluding carboxylic acids is 1. The molecule has 2 nitrogen and oxygen atoms in total. The molecule has 1 rings (SSSR count). The maximum Gasteiger partial charge on any atom is 0.236 e. The van der Waals surface area contributed by atoms with Gasteiger partial charge in [0, 0.05) is 13.1 Å². The van der Waals surface area contributed by atoms with Crippen molar-refractivity contribution in [2.24, 2.45) is 0 Å². The minimum atomic E-state index is -0.00870. The fraction of sp³-hybridized carbons (Fsp3) is 0.857. The third-order valence-corrected chi connectivity index (χ3v) is 2.15. The van der Waals surface area contributed by atoms with Crippen molar-refractivity contribution < 1.29 is 4.79 Å². The van der Waals surface area contributed by atoms with Crippen LogP contribution >= 0.6 is 15.9 Å². The van der Waals surface area contributed by atoms with Crippen LogP contribution in [0.3, 0.4) is 0 Å². The highest BCUT2D eigenvalue weighted by molar-refractivity contribution is 9.10. The average molecular weight is 206 g/mol. The van der Waals surface area contributed by atoms with Crippen LogP contribution in [-0.2, 0) is 4.79 Å². The van der Waals surface area contributed by atoms with Gasteiger partial charge in [0.05, 0.1) is 4.83 Å². The molecule has 1 aliphatic heterocycles. The number of rotatable bonds is 1. The van der Waals surface area contributed by atoms with Gasteiger partial charge in [0.15, 0.2) is 0 Å². The van der Waals surface area contributed by atoms with Crippen molar-refractivity contribution in [3.8, 4) is 0 Å². The van der Waals surface area contributed by atoms with Crippen molar-refractivity contribution in [1.29, 1.82) is 0 Å². The van der Waals surface area contributed by atoms with Crippen molar-refractivity contribution in [3.63, 3.8) is 0 Å². The normalized spacial score (nSPS) is 21.2. The molecular weight excluding hydrogens is 194 g/mol. The predicted octanol–water partition coefficient (Wildman–Crippen LogP) is 1.39. The molecule has 0 aliphatic carbocycles. The molecule has 0 radical (unpaired) electrons. The molecule has 1 unspecified atom stereocenters. The number of likely N-dealkylation sites (tertiary alicyclic amines) is 1. The molecule has 0 aromatic rings. The summed E-state index contributed by atoms with van der Waals surface area (Å²) in [6.45, 7) is 3.78. The van der Waals surface area contributed by atoms with E-state index in [0.717, 1.165) is 13.1 Å².